The lowest BCUT2D eigenvalue weighted by atomic mass is 10.1. The van der Waals surface area contributed by atoms with Crippen LogP contribution >= 0.6 is 0 Å². The van der Waals surface area contributed by atoms with Crippen molar-refractivity contribution in [3.63, 3.8) is 0 Å². The van der Waals surface area contributed by atoms with Crippen LogP contribution in [0.1, 0.15) is 35.1 Å². The SMILES string of the molecule is Cc1nc2cccc(C(=O)O)c2n1C1CCS(=O)CC1. The van der Waals surface area contributed by atoms with Crippen LogP contribution in [0.3, 0.4) is 0 Å². The minimum Gasteiger partial charge on any atom is -0.478 e. The number of hydrogen-bond acceptors (Lipinski definition) is 3. The molecule has 0 atom stereocenters. The van der Waals surface area contributed by atoms with Gasteiger partial charge >= 0.3 is 5.97 Å². The second-order valence-corrected chi connectivity index (χ2v) is 6.78. The van der Waals surface area contributed by atoms with Crippen LogP contribution in [-0.4, -0.2) is 36.3 Å². The first-order chi connectivity index (χ1) is 9.58. The van der Waals surface area contributed by atoms with E-state index in [1.165, 1.54) is 0 Å². The second-order valence-electron chi connectivity index (χ2n) is 5.09. The van der Waals surface area contributed by atoms with Crippen LogP contribution in [0.25, 0.3) is 11.0 Å². The summed E-state index contributed by atoms with van der Waals surface area (Å²) in [5, 5.41) is 9.37. The zero-order valence-electron chi connectivity index (χ0n) is 11.2. The standard InChI is InChI=1S/C14H16N2O3S/c1-9-15-12-4-2-3-11(14(17)18)13(12)16(9)10-5-7-20(19)8-6-10/h2-4,10H,5-8H2,1H3,(H,17,18). The Labute approximate surface area is 119 Å². The first kappa shape index (κ1) is 13.3. The molecule has 2 aromatic rings. The van der Waals surface area contributed by atoms with Crippen molar-refractivity contribution in [2.24, 2.45) is 0 Å². The summed E-state index contributed by atoms with van der Waals surface area (Å²) in [6.45, 7) is 1.90. The van der Waals surface area contributed by atoms with E-state index in [0.29, 0.717) is 22.5 Å². The Hall–Kier alpha value is -1.69. The molecule has 0 bridgehead atoms. The molecule has 0 radical (unpaired) electrons. The maximum Gasteiger partial charge on any atom is 0.337 e. The Morgan fingerprint density at radius 2 is 2.10 bits per heavy atom. The molecule has 0 saturated carbocycles. The number of fused-ring (bicyclic) bond motifs is 1. The van der Waals surface area contributed by atoms with Crippen LogP contribution in [0.15, 0.2) is 18.2 Å². The zero-order chi connectivity index (χ0) is 14.3. The maximum absolute atomic E-state index is 11.5. The van der Waals surface area contributed by atoms with Crippen LogP contribution < -0.4 is 0 Å². The number of hydrogen-bond donors (Lipinski definition) is 1. The van der Waals surface area contributed by atoms with Crippen LogP contribution in [-0.2, 0) is 10.8 Å². The number of para-hydroxylation sites is 1. The van der Waals surface area contributed by atoms with Gasteiger partial charge < -0.3 is 9.67 Å². The molecular weight excluding hydrogens is 276 g/mol. The Bertz CT molecular complexity index is 698. The van der Waals surface area contributed by atoms with Gasteiger partial charge in [-0.25, -0.2) is 9.78 Å². The highest BCUT2D eigenvalue weighted by Crippen LogP contribution is 2.30. The van der Waals surface area contributed by atoms with Crippen molar-refractivity contribution >= 4 is 27.8 Å². The van der Waals surface area contributed by atoms with Crippen LogP contribution in [0, 0.1) is 6.92 Å². The lowest BCUT2D eigenvalue weighted by Gasteiger charge is -2.25. The lowest BCUT2D eigenvalue weighted by Crippen LogP contribution is -2.23. The number of imidazole rings is 1. The number of aromatic carboxylic acids is 1. The fourth-order valence-electron chi connectivity index (χ4n) is 2.92. The molecule has 1 aliphatic heterocycles. The Morgan fingerprint density at radius 1 is 1.40 bits per heavy atom. The third-order valence-corrected chi connectivity index (χ3v) is 5.22. The van der Waals surface area contributed by atoms with E-state index in [1.807, 2.05) is 17.6 Å². The van der Waals surface area contributed by atoms with Crippen LogP contribution in [0.2, 0.25) is 0 Å². The van der Waals surface area contributed by atoms with Gasteiger partial charge in [0.2, 0.25) is 0 Å². The predicted octanol–water partition coefficient (Wildman–Crippen LogP) is 2.13. The van der Waals surface area contributed by atoms with Gasteiger partial charge in [-0.2, -0.15) is 0 Å². The van der Waals surface area contributed by atoms with Crippen molar-refractivity contribution in [2.45, 2.75) is 25.8 Å². The Balaban J connectivity index is 2.16. The smallest absolute Gasteiger partial charge is 0.337 e. The molecule has 2 heterocycles. The average Bonchev–Trinajstić information content (AvgIpc) is 2.75. The summed E-state index contributed by atoms with van der Waals surface area (Å²) in [4.78, 5) is 15.9. The van der Waals surface area contributed by atoms with Crippen molar-refractivity contribution in [1.82, 2.24) is 9.55 Å². The van der Waals surface area contributed by atoms with Gasteiger partial charge in [0.1, 0.15) is 5.82 Å². The number of nitrogens with zero attached hydrogens (tertiary/aromatic N) is 2. The van der Waals surface area contributed by atoms with E-state index in [-0.39, 0.29) is 11.6 Å². The third kappa shape index (κ3) is 2.14. The highest BCUT2D eigenvalue weighted by Gasteiger charge is 2.25. The summed E-state index contributed by atoms with van der Waals surface area (Å²) in [7, 11) is -0.727. The predicted molar refractivity (Wildman–Crippen MR) is 77.6 cm³/mol. The molecule has 20 heavy (non-hydrogen) atoms. The van der Waals surface area contributed by atoms with Crippen molar-refractivity contribution < 1.29 is 14.1 Å². The largest absolute Gasteiger partial charge is 0.478 e. The van der Waals surface area contributed by atoms with Crippen LogP contribution in [0.4, 0.5) is 0 Å². The molecule has 6 heteroatoms. The maximum atomic E-state index is 11.5. The van der Waals surface area contributed by atoms with Crippen molar-refractivity contribution in [3.05, 3.63) is 29.6 Å². The van der Waals surface area contributed by atoms with Crippen molar-refractivity contribution in [3.8, 4) is 0 Å². The summed E-state index contributed by atoms with van der Waals surface area (Å²) in [6, 6.07) is 5.37. The summed E-state index contributed by atoms with van der Waals surface area (Å²) in [5.41, 5.74) is 1.69. The molecule has 0 spiro atoms. The number of aryl methyl sites for hydroxylation is 1. The molecule has 0 unspecified atom stereocenters. The van der Waals surface area contributed by atoms with Crippen molar-refractivity contribution in [2.75, 3.05) is 11.5 Å². The fourth-order valence-corrected chi connectivity index (χ4v) is 4.20. The molecule has 0 amide bonds. The summed E-state index contributed by atoms with van der Waals surface area (Å²) >= 11 is 0. The quantitative estimate of drug-likeness (QED) is 0.920. The first-order valence-electron chi connectivity index (χ1n) is 6.63. The van der Waals surface area contributed by atoms with E-state index in [4.69, 9.17) is 0 Å². The molecule has 0 aliphatic carbocycles. The average molecular weight is 292 g/mol. The van der Waals surface area contributed by atoms with Gasteiger partial charge in [-0.05, 0) is 31.9 Å². The minimum atomic E-state index is -0.934. The molecule has 3 rings (SSSR count). The lowest BCUT2D eigenvalue weighted by molar-refractivity contribution is 0.0698. The summed E-state index contributed by atoms with van der Waals surface area (Å²) < 4.78 is 13.5. The van der Waals surface area contributed by atoms with Crippen LogP contribution in [0.5, 0.6) is 0 Å². The van der Waals surface area contributed by atoms with E-state index in [1.54, 1.807) is 12.1 Å². The molecule has 106 valence electrons. The minimum absolute atomic E-state index is 0.193. The number of carboxylic acids is 1. The number of benzene rings is 1. The van der Waals surface area contributed by atoms with Gasteiger partial charge in [0.25, 0.3) is 0 Å². The molecule has 1 aromatic carbocycles. The highest BCUT2D eigenvalue weighted by molar-refractivity contribution is 7.85. The zero-order valence-corrected chi connectivity index (χ0v) is 12.0. The first-order valence-corrected chi connectivity index (χ1v) is 8.12. The van der Waals surface area contributed by atoms with E-state index in [9.17, 15) is 14.1 Å². The van der Waals surface area contributed by atoms with Crippen molar-refractivity contribution in [1.29, 1.82) is 0 Å². The molecule has 1 saturated heterocycles. The van der Waals surface area contributed by atoms with Gasteiger partial charge in [-0.3, -0.25) is 4.21 Å². The van der Waals surface area contributed by atoms with Gasteiger partial charge in [-0.1, -0.05) is 6.07 Å². The second kappa shape index (κ2) is 5.01. The van der Waals surface area contributed by atoms with E-state index in [0.717, 1.165) is 18.7 Å². The molecular formula is C14H16N2O3S. The Morgan fingerprint density at radius 3 is 2.75 bits per heavy atom. The van der Waals surface area contributed by atoms with E-state index in [2.05, 4.69) is 4.98 Å². The monoisotopic (exact) mass is 292 g/mol. The van der Waals surface area contributed by atoms with Gasteiger partial charge in [0.05, 0.1) is 16.6 Å². The number of carboxylic acid groups (broad SMARTS) is 1. The van der Waals surface area contributed by atoms with Gasteiger partial charge in [0, 0.05) is 28.3 Å². The number of aromatic nitrogens is 2. The van der Waals surface area contributed by atoms with Gasteiger partial charge in [-0.15, -0.1) is 0 Å². The molecule has 1 fully saturated rings. The summed E-state index contributed by atoms with van der Waals surface area (Å²) in [6.07, 6.45) is 1.62. The third-order valence-electron chi connectivity index (χ3n) is 3.84. The summed E-state index contributed by atoms with van der Waals surface area (Å²) in [5.74, 6) is 1.25. The number of carbonyl (C=O) groups is 1. The van der Waals surface area contributed by atoms with Gasteiger partial charge in [0.15, 0.2) is 0 Å². The molecule has 1 aromatic heterocycles. The van der Waals surface area contributed by atoms with E-state index >= 15 is 0 Å². The molecule has 5 nitrogen and oxygen atoms in total. The fraction of sp³-hybridized carbons (Fsp3) is 0.429. The molecule has 1 N–H and O–H groups in total. The number of rotatable bonds is 2. The molecule has 1 aliphatic rings. The Kier molecular flexibility index (Phi) is 3.33. The normalized spacial score (nSPS) is 23.1. The topological polar surface area (TPSA) is 72.2 Å². The van der Waals surface area contributed by atoms with E-state index < -0.39 is 16.8 Å². The highest BCUT2D eigenvalue weighted by atomic mass is 32.2.